The smallest absolute Gasteiger partial charge is 0.748 e. The van der Waals surface area contributed by atoms with Crippen LogP contribution in [0.2, 0.25) is 0 Å². The van der Waals surface area contributed by atoms with Crippen molar-refractivity contribution in [2.75, 3.05) is 0 Å². The van der Waals surface area contributed by atoms with Crippen LogP contribution in [0, 0.1) is 0 Å². The van der Waals surface area contributed by atoms with Crippen molar-refractivity contribution < 1.29 is 47.6 Å². The summed E-state index contributed by atoms with van der Waals surface area (Å²) in [5, 5.41) is 8.83. The standard InChI is InChI=1S/C19H40O4S.Na/c1-3-5-6-7-8-9-10-11-12-13-14-15-17-18(20)19(16-4-2)24(21,22)23;/h18-20H,3-17H2,1-2H3,(H,21,22,23);/q;+1/p-1. The third-order valence-corrected chi connectivity index (χ3v) is 6.02. The van der Waals surface area contributed by atoms with E-state index in [1.54, 1.807) is 0 Å². The molecule has 6 heteroatoms. The summed E-state index contributed by atoms with van der Waals surface area (Å²) in [5.74, 6) is 0. The molecular weight excluding hydrogens is 347 g/mol. The van der Waals surface area contributed by atoms with Crippen LogP contribution in [0.3, 0.4) is 0 Å². The Morgan fingerprint density at radius 2 is 1.12 bits per heavy atom. The summed E-state index contributed by atoms with van der Waals surface area (Å²) in [6.07, 6.45) is 15.1. The quantitative estimate of drug-likeness (QED) is 0.236. The van der Waals surface area contributed by atoms with Gasteiger partial charge in [0.2, 0.25) is 0 Å². The zero-order valence-electron chi connectivity index (χ0n) is 16.8. The van der Waals surface area contributed by atoms with Gasteiger partial charge in [0.1, 0.15) is 10.1 Å². The Bertz CT molecular complexity index is 374. The topological polar surface area (TPSA) is 77.4 Å². The summed E-state index contributed by atoms with van der Waals surface area (Å²) < 4.78 is 33.5. The molecule has 2 atom stereocenters. The second-order valence-corrected chi connectivity index (χ2v) is 8.66. The molecule has 0 saturated heterocycles. The van der Waals surface area contributed by atoms with Crippen LogP contribution < -0.4 is 29.6 Å². The second kappa shape index (κ2) is 18.2. The van der Waals surface area contributed by atoms with E-state index in [1.165, 1.54) is 57.8 Å². The van der Waals surface area contributed by atoms with E-state index in [1.807, 2.05) is 6.92 Å². The van der Waals surface area contributed by atoms with E-state index >= 15 is 0 Å². The molecule has 0 aromatic rings. The van der Waals surface area contributed by atoms with E-state index in [2.05, 4.69) is 6.92 Å². The maximum atomic E-state index is 11.2. The first kappa shape index (κ1) is 28.1. The minimum Gasteiger partial charge on any atom is -0.748 e. The zero-order chi connectivity index (χ0) is 18.3. The molecule has 0 aromatic heterocycles. The number of aliphatic hydroxyl groups excluding tert-OH is 1. The van der Waals surface area contributed by atoms with Gasteiger partial charge in [-0.05, 0) is 12.8 Å². The summed E-state index contributed by atoms with van der Waals surface area (Å²) in [4.78, 5) is 0. The van der Waals surface area contributed by atoms with E-state index in [9.17, 15) is 18.1 Å². The Labute approximate surface area is 178 Å². The molecule has 0 aliphatic rings. The molecule has 0 radical (unpaired) electrons. The summed E-state index contributed by atoms with van der Waals surface area (Å²) in [7, 11) is -4.39. The van der Waals surface area contributed by atoms with Crippen molar-refractivity contribution in [1.29, 1.82) is 0 Å². The van der Waals surface area contributed by atoms with Gasteiger partial charge in [0.25, 0.3) is 0 Å². The predicted octanol–water partition coefficient (Wildman–Crippen LogP) is 2.16. The molecule has 146 valence electrons. The third-order valence-electron chi connectivity index (χ3n) is 4.73. The molecular formula is C19H39NaO4S. The number of unbranched alkanes of at least 4 members (excludes halogenated alkanes) is 11. The van der Waals surface area contributed by atoms with Crippen molar-refractivity contribution in [3.8, 4) is 0 Å². The first-order chi connectivity index (χ1) is 11.4. The first-order valence-electron chi connectivity index (χ1n) is 10.1. The Hall–Kier alpha value is 0.870. The summed E-state index contributed by atoms with van der Waals surface area (Å²) >= 11 is 0. The van der Waals surface area contributed by atoms with Gasteiger partial charge in [-0.3, -0.25) is 0 Å². The van der Waals surface area contributed by atoms with E-state index in [4.69, 9.17) is 0 Å². The van der Waals surface area contributed by atoms with Crippen molar-refractivity contribution in [2.24, 2.45) is 0 Å². The average molecular weight is 387 g/mol. The van der Waals surface area contributed by atoms with Gasteiger partial charge in [0.05, 0.1) is 11.4 Å². The Morgan fingerprint density at radius 3 is 1.48 bits per heavy atom. The van der Waals surface area contributed by atoms with Crippen molar-refractivity contribution in [3.05, 3.63) is 0 Å². The van der Waals surface area contributed by atoms with Gasteiger partial charge >= 0.3 is 29.6 Å². The van der Waals surface area contributed by atoms with Gasteiger partial charge in [-0.1, -0.05) is 97.3 Å². The van der Waals surface area contributed by atoms with Crippen LogP contribution in [-0.2, 0) is 10.1 Å². The van der Waals surface area contributed by atoms with E-state index < -0.39 is 21.5 Å². The number of hydrogen-bond donors (Lipinski definition) is 1. The van der Waals surface area contributed by atoms with Crippen LogP contribution in [0.15, 0.2) is 0 Å². The summed E-state index contributed by atoms with van der Waals surface area (Å²) in [5.41, 5.74) is 0. The van der Waals surface area contributed by atoms with E-state index in [-0.39, 0.29) is 36.0 Å². The summed E-state index contributed by atoms with van der Waals surface area (Å²) in [6.45, 7) is 4.07. The van der Waals surface area contributed by atoms with Crippen LogP contribution in [0.5, 0.6) is 0 Å². The maximum absolute atomic E-state index is 11.2. The average Bonchev–Trinajstić information content (AvgIpc) is 2.52. The molecule has 0 fully saturated rings. The second-order valence-electron chi connectivity index (χ2n) is 7.07. The first-order valence-corrected chi connectivity index (χ1v) is 11.5. The summed E-state index contributed by atoms with van der Waals surface area (Å²) in [6, 6.07) is 0. The molecule has 0 bridgehead atoms. The molecule has 25 heavy (non-hydrogen) atoms. The van der Waals surface area contributed by atoms with Gasteiger partial charge in [0, 0.05) is 0 Å². The van der Waals surface area contributed by atoms with Crippen molar-refractivity contribution >= 4 is 10.1 Å². The van der Waals surface area contributed by atoms with Crippen molar-refractivity contribution in [3.63, 3.8) is 0 Å². The Morgan fingerprint density at radius 1 is 0.720 bits per heavy atom. The van der Waals surface area contributed by atoms with Crippen molar-refractivity contribution in [2.45, 2.75) is 122 Å². The van der Waals surface area contributed by atoms with Crippen LogP contribution in [-0.4, -0.2) is 29.4 Å². The number of rotatable bonds is 17. The fourth-order valence-electron chi connectivity index (χ4n) is 3.19. The van der Waals surface area contributed by atoms with Crippen LogP contribution >= 0.6 is 0 Å². The van der Waals surface area contributed by atoms with Crippen LogP contribution in [0.1, 0.15) is 110 Å². The van der Waals surface area contributed by atoms with Gasteiger partial charge in [0.15, 0.2) is 0 Å². The molecule has 0 heterocycles. The number of hydrogen-bond acceptors (Lipinski definition) is 4. The largest absolute Gasteiger partial charge is 1.00 e. The molecule has 1 N–H and O–H groups in total. The molecule has 0 rings (SSSR count). The SMILES string of the molecule is CCCCCCCCCCCCCCC(O)C(CCC)S(=O)(=O)[O-].[Na+]. The maximum Gasteiger partial charge on any atom is 1.00 e. The molecule has 0 saturated carbocycles. The van der Waals surface area contributed by atoms with Gasteiger partial charge in [-0.25, -0.2) is 8.42 Å². The minimum atomic E-state index is -4.39. The van der Waals surface area contributed by atoms with Crippen LogP contribution in [0.25, 0.3) is 0 Å². The van der Waals surface area contributed by atoms with Gasteiger partial charge < -0.3 is 9.66 Å². The monoisotopic (exact) mass is 386 g/mol. The molecule has 0 spiro atoms. The van der Waals surface area contributed by atoms with Crippen LogP contribution in [0.4, 0.5) is 0 Å². The Balaban J connectivity index is 0. The molecule has 4 nitrogen and oxygen atoms in total. The van der Waals surface area contributed by atoms with Crippen molar-refractivity contribution in [1.82, 2.24) is 0 Å². The van der Waals surface area contributed by atoms with Gasteiger partial charge in [-0.2, -0.15) is 0 Å². The molecule has 0 amide bonds. The normalized spacial score (nSPS) is 14.1. The molecule has 0 aromatic carbocycles. The molecule has 0 aliphatic heterocycles. The Kier molecular flexibility index (Phi) is 20.5. The zero-order valence-corrected chi connectivity index (χ0v) is 19.7. The molecule has 2 unspecified atom stereocenters. The fraction of sp³-hybridized carbons (Fsp3) is 1.00. The number of aliphatic hydroxyl groups is 1. The predicted molar refractivity (Wildman–Crippen MR) is 100 cm³/mol. The van der Waals surface area contributed by atoms with Gasteiger partial charge in [-0.15, -0.1) is 0 Å². The molecule has 0 aliphatic carbocycles. The minimum absolute atomic E-state index is 0. The fourth-order valence-corrected chi connectivity index (χ4v) is 4.24. The third kappa shape index (κ3) is 16.7. The van der Waals surface area contributed by atoms with E-state index in [0.717, 1.165) is 19.3 Å². The van der Waals surface area contributed by atoms with E-state index in [0.29, 0.717) is 12.8 Å².